The maximum absolute atomic E-state index is 13.2. The number of amides is 1. The SMILES string of the molecule is C=C/C=C(/COC(=O)C1=C(C)N(CC2CCCO2)C(=O)CC1c1ccc(Cl)cc1)N=C. The fraction of sp³-hybridized carbons (Fsp3) is 0.375. The van der Waals surface area contributed by atoms with E-state index in [1.807, 2.05) is 12.1 Å². The number of nitrogens with zero attached hydrogens (tertiary/aromatic N) is 2. The number of ether oxygens (including phenoxy) is 2. The topological polar surface area (TPSA) is 68.2 Å². The number of benzene rings is 1. The van der Waals surface area contributed by atoms with E-state index in [9.17, 15) is 9.59 Å². The highest BCUT2D eigenvalue weighted by Gasteiger charge is 2.38. The van der Waals surface area contributed by atoms with Crippen LogP contribution < -0.4 is 0 Å². The molecule has 1 aromatic carbocycles. The summed E-state index contributed by atoms with van der Waals surface area (Å²) in [4.78, 5) is 31.7. The number of esters is 1. The molecule has 0 saturated carbocycles. The zero-order chi connectivity index (χ0) is 22.4. The van der Waals surface area contributed by atoms with Gasteiger partial charge in [0.05, 0.1) is 23.9 Å². The monoisotopic (exact) mass is 442 g/mol. The molecule has 2 atom stereocenters. The van der Waals surface area contributed by atoms with Crippen molar-refractivity contribution in [3.63, 3.8) is 0 Å². The molecular formula is C24H27ClN2O4. The van der Waals surface area contributed by atoms with Crippen LogP contribution in [0.15, 0.2) is 65.0 Å². The Bertz CT molecular complexity index is 914. The average Bonchev–Trinajstić information content (AvgIpc) is 3.27. The molecule has 1 fully saturated rings. The predicted molar refractivity (Wildman–Crippen MR) is 121 cm³/mol. The number of carbonyl (C=O) groups excluding carboxylic acids is 2. The predicted octanol–water partition coefficient (Wildman–Crippen LogP) is 4.42. The van der Waals surface area contributed by atoms with Gasteiger partial charge in [-0.15, -0.1) is 0 Å². The van der Waals surface area contributed by atoms with Gasteiger partial charge in [0.25, 0.3) is 0 Å². The van der Waals surface area contributed by atoms with Crippen LogP contribution in [0.3, 0.4) is 0 Å². The van der Waals surface area contributed by atoms with Gasteiger partial charge in [0.2, 0.25) is 5.91 Å². The standard InChI is InChI=1S/C24H27ClN2O4/c1-4-6-19(26-3)15-31-24(29)23-16(2)27(14-20-7-5-12-30-20)22(28)13-21(23)17-8-10-18(25)11-9-17/h4,6,8-11,20-21H,1,3,5,7,12-15H2,2H3/b19-6-. The van der Waals surface area contributed by atoms with Crippen LogP contribution in [0, 0.1) is 0 Å². The number of halogens is 1. The van der Waals surface area contributed by atoms with Gasteiger partial charge in [-0.2, -0.15) is 0 Å². The van der Waals surface area contributed by atoms with Crippen LogP contribution in [0.2, 0.25) is 5.02 Å². The summed E-state index contributed by atoms with van der Waals surface area (Å²) in [6, 6.07) is 7.19. The summed E-state index contributed by atoms with van der Waals surface area (Å²) in [7, 11) is 0. The Labute approximate surface area is 187 Å². The van der Waals surface area contributed by atoms with E-state index < -0.39 is 11.9 Å². The van der Waals surface area contributed by atoms with E-state index >= 15 is 0 Å². The molecule has 164 valence electrons. The lowest BCUT2D eigenvalue weighted by Crippen LogP contribution is -2.42. The van der Waals surface area contributed by atoms with Crippen LogP contribution in [0.1, 0.15) is 37.7 Å². The summed E-state index contributed by atoms with van der Waals surface area (Å²) in [6.45, 7) is 10.0. The van der Waals surface area contributed by atoms with Gasteiger partial charge in [0, 0.05) is 29.7 Å². The maximum Gasteiger partial charge on any atom is 0.336 e. The fourth-order valence-electron chi connectivity index (χ4n) is 3.97. The quantitative estimate of drug-likeness (QED) is 0.339. The third-order valence-electron chi connectivity index (χ3n) is 5.59. The van der Waals surface area contributed by atoms with Crippen LogP contribution in [0.5, 0.6) is 0 Å². The van der Waals surface area contributed by atoms with E-state index in [-0.39, 0.29) is 25.0 Å². The number of aliphatic imine (C=N–C) groups is 1. The van der Waals surface area contributed by atoms with Gasteiger partial charge in [0.15, 0.2) is 0 Å². The van der Waals surface area contributed by atoms with Crippen molar-refractivity contribution in [1.29, 1.82) is 0 Å². The third-order valence-corrected chi connectivity index (χ3v) is 5.84. The lowest BCUT2D eigenvalue weighted by molar-refractivity contribution is -0.139. The van der Waals surface area contributed by atoms with Gasteiger partial charge in [-0.1, -0.05) is 36.4 Å². The van der Waals surface area contributed by atoms with E-state index in [1.165, 1.54) is 0 Å². The Hall–Kier alpha value is -2.70. The summed E-state index contributed by atoms with van der Waals surface area (Å²) in [5, 5.41) is 0.590. The first kappa shape index (κ1) is 23.0. The van der Waals surface area contributed by atoms with Gasteiger partial charge >= 0.3 is 5.97 Å². The second-order valence-electron chi connectivity index (χ2n) is 7.57. The zero-order valence-corrected chi connectivity index (χ0v) is 18.4. The summed E-state index contributed by atoms with van der Waals surface area (Å²) in [6.07, 6.45) is 5.22. The van der Waals surface area contributed by atoms with Crippen molar-refractivity contribution >= 4 is 30.2 Å². The molecule has 0 aromatic heterocycles. The van der Waals surface area contributed by atoms with E-state index in [2.05, 4.69) is 18.3 Å². The van der Waals surface area contributed by atoms with Crippen LogP contribution in [0.25, 0.3) is 0 Å². The van der Waals surface area contributed by atoms with Crippen molar-refractivity contribution in [2.24, 2.45) is 4.99 Å². The van der Waals surface area contributed by atoms with Crippen molar-refractivity contribution in [3.05, 3.63) is 70.5 Å². The number of rotatable bonds is 8. The molecule has 2 heterocycles. The summed E-state index contributed by atoms with van der Waals surface area (Å²) >= 11 is 6.03. The molecule has 0 bridgehead atoms. The molecule has 7 heteroatoms. The van der Waals surface area contributed by atoms with E-state index in [1.54, 1.807) is 36.1 Å². The van der Waals surface area contributed by atoms with Gasteiger partial charge in [0.1, 0.15) is 6.61 Å². The van der Waals surface area contributed by atoms with Gasteiger partial charge in [-0.3, -0.25) is 9.79 Å². The van der Waals surface area contributed by atoms with Gasteiger partial charge < -0.3 is 14.4 Å². The molecule has 0 radical (unpaired) electrons. The van der Waals surface area contributed by atoms with Crippen molar-refractivity contribution in [1.82, 2.24) is 4.90 Å². The Balaban J connectivity index is 1.93. The molecule has 0 N–H and O–H groups in total. The maximum atomic E-state index is 13.2. The van der Waals surface area contributed by atoms with Crippen molar-refractivity contribution < 1.29 is 19.1 Å². The molecule has 3 rings (SSSR count). The largest absolute Gasteiger partial charge is 0.456 e. The van der Waals surface area contributed by atoms with E-state index in [0.29, 0.717) is 35.1 Å². The Morgan fingerprint density at radius 2 is 2.13 bits per heavy atom. The third kappa shape index (κ3) is 5.51. The first-order valence-corrected chi connectivity index (χ1v) is 10.7. The molecule has 1 amide bonds. The van der Waals surface area contributed by atoms with Crippen LogP contribution in [-0.2, 0) is 19.1 Å². The van der Waals surface area contributed by atoms with E-state index in [4.69, 9.17) is 21.1 Å². The Morgan fingerprint density at radius 1 is 1.39 bits per heavy atom. The fourth-order valence-corrected chi connectivity index (χ4v) is 4.10. The minimum Gasteiger partial charge on any atom is -0.456 e. The van der Waals surface area contributed by atoms with Crippen LogP contribution in [0.4, 0.5) is 0 Å². The smallest absolute Gasteiger partial charge is 0.336 e. The van der Waals surface area contributed by atoms with Gasteiger partial charge in [-0.25, -0.2) is 4.79 Å². The number of hydrogen-bond donors (Lipinski definition) is 0. The van der Waals surface area contributed by atoms with Gasteiger partial charge in [-0.05, 0) is 50.3 Å². The molecule has 0 aliphatic carbocycles. The average molecular weight is 443 g/mol. The molecule has 2 unspecified atom stereocenters. The number of allylic oxidation sites excluding steroid dienone is 3. The first-order valence-electron chi connectivity index (χ1n) is 10.3. The minimum atomic E-state index is -0.485. The highest BCUT2D eigenvalue weighted by atomic mass is 35.5. The Morgan fingerprint density at radius 3 is 2.74 bits per heavy atom. The summed E-state index contributed by atoms with van der Waals surface area (Å²) < 4.78 is 11.3. The second kappa shape index (κ2) is 10.6. The summed E-state index contributed by atoms with van der Waals surface area (Å²) in [5.74, 6) is -0.938. The molecule has 0 spiro atoms. The van der Waals surface area contributed by atoms with Crippen molar-refractivity contribution in [2.45, 2.75) is 38.2 Å². The summed E-state index contributed by atoms with van der Waals surface area (Å²) in [5.41, 5.74) is 2.39. The van der Waals surface area contributed by atoms with E-state index in [0.717, 1.165) is 18.4 Å². The second-order valence-corrected chi connectivity index (χ2v) is 8.01. The highest BCUT2D eigenvalue weighted by molar-refractivity contribution is 6.30. The lowest BCUT2D eigenvalue weighted by atomic mass is 9.83. The molecular weight excluding hydrogens is 416 g/mol. The lowest BCUT2D eigenvalue weighted by Gasteiger charge is -2.35. The van der Waals surface area contributed by atoms with Crippen molar-refractivity contribution in [3.8, 4) is 0 Å². The number of carbonyl (C=O) groups is 2. The molecule has 1 aromatic rings. The zero-order valence-electron chi connectivity index (χ0n) is 17.7. The molecule has 1 saturated heterocycles. The highest BCUT2D eigenvalue weighted by Crippen LogP contribution is 2.38. The molecule has 31 heavy (non-hydrogen) atoms. The van der Waals surface area contributed by atoms with Crippen molar-refractivity contribution in [2.75, 3.05) is 19.8 Å². The number of hydrogen-bond acceptors (Lipinski definition) is 5. The molecule has 6 nitrogen and oxygen atoms in total. The van der Waals surface area contributed by atoms with Crippen LogP contribution in [-0.4, -0.2) is 49.4 Å². The first-order chi connectivity index (χ1) is 14.9. The minimum absolute atomic E-state index is 0.0182. The Kier molecular flexibility index (Phi) is 7.82. The van der Waals surface area contributed by atoms with Crippen LogP contribution >= 0.6 is 11.6 Å². The normalized spacial score (nSPS) is 21.9. The molecule has 2 aliphatic heterocycles. The molecule has 2 aliphatic rings.